The van der Waals surface area contributed by atoms with Crippen LogP contribution in [0.4, 0.5) is 0 Å². The lowest BCUT2D eigenvalue weighted by Gasteiger charge is -2.27. The Bertz CT molecular complexity index is 1320. The van der Waals surface area contributed by atoms with Crippen molar-refractivity contribution in [3.8, 4) is 0 Å². The number of nitrogens with two attached hydrogens (primary N) is 1. The highest BCUT2D eigenvalue weighted by Crippen LogP contribution is 2.19. The number of aromatic amines is 1. The number of hydrogen-bond donors (Lipinski definition) is 8. The number of carboxylic acids is 1. The maximum absolute atomic E-state index is 13.0. The van der Waals surface area contributed by atoms with Gasteiger partial charge in [-0.1, -0.05) is 48.5 Å². The fourth-order valence-electron chi connectivity index (χ4n) is 4.26. The number of H-pyrrole nitrogens is 1. The Labute approximate surface area is 231 Å². The highest BCUT2D eigenvalue weighted by molar-refractivity contribution is 5.95. The van der Waals surface area contributed by atoms with Crippen molar-refractivity contribution in [2.75, 3.05) is 0 Å². The fourth-order valence-corrected chi connectivity index (χ4v) is 4.26. The minimum Gasteiger partial charge on any atom is -0.480 e. The number of aliphatic hydroxyl groups is 2. The molecule has 0 radical (unpaired) electrons. The van der Waals surface area contributed by atoms with E-state index in [0.29, 0.717) is 5.56 Å². The standard InChI is InChI=1S/C28H35N5O7/c1-15(34)23(26(37)31-22(28(39)40)13-18-14-30-21-11-7-6-10-19(18)21)33-27(38)24(16(2)35)32-25(36)20(29)12-17-8-4-3-5-9-17/h3-11,14-16,20,22-24,30,34-35H,12-13,29H2,1-2H3,(H,31,37)(H,32,36)(H,33,38)(H,39,40). The van der Waals surface area contributed by atoms with Crippen LogP contribution < -0.4 is 21.7 Å². The summed E-state index contributed by atoms with van der Waals surface area (Å²) in [5.74, 6) is -3.92. The van der Waals surface area contributed by atoms with Gasteiger partial charge in [0.2, 0.25) is 17.7 Å². The molecule has 0 aliphatic rings. The molecule has 6 atom stereocenters. The number of fused-ring (bicyclic) bond motifs is 1. The molecule has 2 aromatic carbocycles. The molecule has 0 spiro atoms. The highest BCUT2D eigenvalue weighted by atomic mass is 16.4. The number of hydrogen-bond acceptors (Lipinski definition) is 7. The summed E-state index contributed by atoms with van der Waals surface area (Å²) in [4.78, 5) is 53.7. The molecule has 0 fully saturated rings. The van der Waals surface area contributed by atoms with Crippen LogP contribution in [0.1, 0.15) is 25.0 Å². The van der Waals surface area contributed by atoms with Crippen molar-refractivity contribution in [2.45, 2.75) is 63.1 Å². The van der Waals surface area contributed by atoms with Crippen molar-refractivity contribution in [2.24, 2.45) is 5.73 Å². The molecule has 12 heteroatoms. The lowest BCUT2D eigenvalue weighted by Crippen LogP contribution is -2.62. The maximum atomic E-state index is 13.0. The summed E-state index contributed by atoms with van der Waals surface area (Å²) in [5.41, 5.74) is 8.24. The van der Waals surface area contributed by atoms with E-state index < -0.39 is 60.1 Å². The average Bonchev–Trinajstić information content (AvgIpc) is 3.32. The highest BCUT2D eigenvalue weighted by Gasteiger charge is 2.34. The monoisotopic (exact) mass is 553 g/mol. The summed E-state index contributed by atoms with van der Waals surface area (Å²) in [6.45, 7) is 2.51. The van der Waals surface area contributed by atoms with Gasteiger partial charge in [-0.05, 0) is 37.5 Å². The van der Waals surface area contributed by atoms with Crippen LogP contribution in [0.2, 0.25) is 0 Å². The molecule has 0 bridgehead atoms. The lowest BCUT2D eigenvalue weighted by atomic mass is 10.0. The molecular weight excluding hydrogens is 518 g/mol. The Balaban J connectivity index is 1.67. The van der Waals surface area contributed by atoms with Crippen molar-refractivity contribution in [1.82, 2.24) is 20.9 Å². The van der Waals surface area contributed by atoms with E-state index in [9.17, 15) is 34.5 Å². The van der Waals surface area contributed by atoms with E-state index >= 15 is 0 Å². The third-order valence-corrected chi connectivity index (χ3v) is 6.47. The molecule has 9 N–H and O–H groups in total. The number of benzene rings is 2. The largest absolute Gasteiger partial charge is 0.480 e. The zero-order chi connectivity index (χ0) is 29.4. The molecule has 0 saturated carbocycles. The van der Waals surface area contributed by atoms with Crippen LogP contribution in [0.3, 0.4) is 0 Å². The van der Waals surface area contributed by atoms with E-state index in [-0.39, 0.29) is 12.8 Å². The van der Waals surface area contributed by atoms with Gasteiger partial charge in [0.1, 0.15) is 18.1 Å². The number of rotatable bonds is 13. The van der Waals surface area contributed by atoms with Crippen molar-refractivity contribution < 1.29 is 34.5 Å². The average molecular weight is 554 g/mol. The number of carboxylic acid groups (broad SMARTS) is 1. The van der Waals surface area contributed by atoms with Crippen LogP contribution >= 0.6 is 0 Å². The van der Waals surface area contributed by atoms with Crippen LogP contribution in [-0.4, -0.2) is 80.4 Å². The molecule has 1 aromatic heterocycles. The second-order valence-corrected chi connectivity index (χ2v) is 9.71. The maximum Gasteiger partial charge on any atom is 0.326 e. The minimum absolute atomic E-state index is 0.0583. The normalized spacial score (nSPS) is 15.7. The van der Waals surface area contributed by atoms with Gasteiger partial charge in [0, 0.05) is 23.5 Å². The molecule has 0 aliphatic heterocycles. The molecule has 1 heterocycles. The summed E-state index contributed by atoms with van der Waals surface area (Å²) in [7, 11) is 0. The van der Waals surface area contributed by atoms with Crippen LogP contribution in [0.5, 0.6) is 0 Å². The predicted molar refractivity (Wildman–Crippen MR) is 147 cm³/mol. The number of carbonyl (C=O) groups excluding carboxylic acids is 3. The third-order valence-electron chi connectivity index (χ3n) is 6.47. The van der Waals surface area contributed by atoms with Gasteiger partial charge < -0.3 is 42.0 Å². The van der Waals surface area contributed by atoms with Crippen molar-refractivity contribution in [3.05, 3.63) is 71.9 Å². The van der Waals surface area contributed by atoms with Gasteiger partial charge in [-0.25, -0.2) is 4.79 Å². The van der Waals surface area contributed by atoms with Gasteiger partial charge >= 0.3 is 5.97 Å². The molecule has 3 amide bonds. The number of para-hydroxylation sites is 1. The summed E-state index contributed by atoms with van der Waals surface area (Å²) in [6, 6.07) is 10.8. The van der Waals surface area contributed by atoms with Crippen LogP contribution in [0, 0.1) is 0 Å². The fraction of sp³-hybridized carbons (Fsp3) is 0.357. The van der Waals surface area contributed by atoms with E-state index in [1.807, 2.05) is 24.3 Å². The van der Waals surface area contributed by atoms with E-state index in [1.54, 1.807) is 36.5 Å². The topological polar surface area (TPSA) is 207 Å². The van der Waals surface area contributed by atoms with E-state index in [2.05, 4.69) is 20.9 Å². The van der Waals surface area contributed by atoms with Crippen LogP contribution in [0.25, 0.3) is 10.9 Å². The first-order valence-corrected chi connectivity index (χ1v) is 12.8. The third kappa shape index (κ3) is 7.88. The van der Waals surface area contributed by atoms with Crippen LogP contribution in [0.15, 0.2) is 60.8 Å². The smallest absolute Gasteiger partial charge is 0.326 e. The first-order chi connectivity index (χ1) is 19.0. The van der Waals surface area contributed by atoms with Crippen molar-refractivity contribution in [3.63, 3.8) is 0 Å². The zero-order valence-corrected chi connectivity index (χ0v) is 22.2. The lowest BCUT2D eigenvalue weighted by molar-refractivity contribution is -0.143. The summed E-state index contributed by atoms with van der Waals surface area (Å²) in [6.07, 6.45) is -1.03. The van der Waals surface area contributed by atoms with Gasteiger partial charge in [0.05, 0.1) is 18.2 Å². The number of amides is 3. The molecular formula is C28H35N5O7. The van der Waals surface area contributed by atoms with Gasteiger partial charge in [-0.3, -0.25) is 14.4 Å². The predicted octanol–water partition coefficient (Wildman–Crippen LogP) is -0.419. The first kappa shape index (κ1) is 30.3. The molecule has 3 rings (SSSR count). The Morgan fingerprint density at radius 2 is 1.35 bits per heavy atom. The number of aliphatic carboxylic acids is 1. The molecule has 0 aliphatic carbocycles. The Morgan fingerprint density at radius 1 is 0.800 bits per heavy atom. The number of carbonyl (C=O) groups is 4. The zero-order valence-electron chi connectivity index (χ0n) is 22.2. The van der Waals surface area contributed by atoms with Gasteiger partial charge in [-0.15, -0.1) is 0 Å². The first-order valence-electron chi connectivity index (χ1n) is 12.8. The number of aliphatic hydroxyl groups excluding tert-OH is 2. The van der Waals surface area contributed by atoms with Gasteiger partial charge in [0.25, 0.3) is 0 Å². The van der Waals surface area contributed by atoms with Crippen LogP contribution in [-0.2, 0) is 32.0 Å². The second-order valence-electron chi connectivity index (χ2n) is 9.71. The number of aromatic nitrogens is 1. The molecule has 214 valence electrons. The van der Waals surface area contributed by atoms with Gasteiger partial charge in [0.15, 0.2) is 0 Å². The molecule has 6 unspecified atom stereocenters. The molecule has 3 aromatic rings. The second kappa shape index (κ2) is 13.7. The Kier molecular flexibility index (Phi) is 10.4. The quantitative estimate of drug-likeness (QED) is 0.139. The number of nitrogens with one attached hydrogen (secondary N) is 4. The molecule has 40 heavy (non-hydrogen) atoms. The van der Waals surface area contributed by atoms with E-state index in [1.165, 1.54) is 13.8 Å². The van der Waals surface area contributed by atoms with Crippen molar-refractivity contribution >= 4 is 34.6 Å². The summed E-state index contributed by atoms with van der Waals surface area (Å²) in [5, 5.41) is 38.0. The molecule has 12 nitrogen and oxygen atoms in total. The van der Waals surface area contributed by atoms with Gasteiger partial charge in [-0.2, -0.15) is 0 Å². The molecule has 0 saturated heterocycles. The van der Waals surface area contributed by atoms with E-state index in [4.69, 9.17) is 5.73 Å². The minimum atomic E-state index is -1.58. The Morgan fingerprint density at radius 3 is 1.95 bits per heavy atom. The summed E-state index contributed by atoms with van der Waals surface area (Å²) < 4.78 is 0. The van der Waals surface area contributed by atoms with E-state index in [0.717, 1.165) is 16.5 Å². The van der Waals surface area contributed by atoms with Crippen molar-refractivity contribution in [1.29, 1.82) is 0 Å². The summed E-state index contributed by atoms with van der Waals surface area (Å²) >= 11 is 0. The Hall–Kier alpha value is -4.26. The SMILES string of the molecule is CC(O)C(NC(=O)C(N)Cc1ccccc1)C(=O)NC(C(=O)NC(Cc1c[nH]c2ccccc12)C(=O)O)C(C)O.